The van der Waals surface area contributed by atoms with Crippen molar-refractivity contribution in [2.45, 2.75) is 18.3 Å². The molecule has 1 saturated heterocycles. The molecule has 4 nitrogen and oxygen atoms in total. The molecule has 0 aromatic heterocycles. The molecule has 2 rings (SSSR count). The molecular weight excluding hydrogens is 263 g/mol. The van der Waals surface area contributed by atoms with Crippen LogP contribution in [-0.2, 0) is 15.7 Å². The van der Waals surface area contributed by atoms with E-state index in [2.05, 4.69) is 5.32 Å². The maximum Gasteiger partial charge on any atom is 0.416 e. The fourth-order valence-electron chi connectivity index (χ4n) is 1.87. The number of ether oxygens (including phenoxy) is 1. The van der Waals surface area contributed by atoms with Crippen LogP contribution >= 0.6 is 0 Å². The second kappa shape index (κ2) is 5.18. The van der Waals surface area contributed by atoms with Gasteiger partial charge in [0, 0.05) is 6.54 Å². The first-order valence-electron chi connectivity index (χ1n) is 5.63. The number of rotatable bonds is 2. The Balaban J connectivity index is 2.10. The van der Waals surface area contributed by atoms with Crippen molar-refractivity contribution in [1.29, 1.82) is 0 Å². The molecule has 0 bridgehead atoms. The monoisotopic (exact) mass is 275 g/mol. The van der Waals surface area contributed by atoms with Crippen LogP contribution in [0.3, 0.4) is 0 Å². The van der Waals surface area contributed by atoms with Crippen molar-refractivity contribution in [1.82, 2.24) is 5.32 Å². The highest BCUT2D eigenvalue weighted by Gasteiger charge is 2.32. The van der Waals surface area contributed by atoms with Crippen LogP contribution in [0.25, 0.3) is 0 Å². The molecule has 1 aliphatic rings. The van der Waals surface area contributed by atoms with Crippen molar-refractivity contribution in [2.75, 3.05) is 13.2 Å². The normalized spacial score (nSPS) is 24.2. The van der Waals surface area contributed by atoms with Crippen LogP contribution in [0.5, 0.6) is 0 Å². The average Bonchev–Trinajstić information content (AvgIpc) is 2.38. The highest BCUT2D eigenvalue weighted by atomic mass is 19.4. The number of halogens is 3. The fraction of sp³-hybridized carbons (Fsp3) is 0.417. The van der Waals surface area contributed by atoms with Gasteiger partial charge in [0.15, 0.2) is 0 Å². The predicted molar refractivity (Wildman–Crippen MR) is 59.6 cm³/mol. The molecule has 1 aliphatic heterocycles. The lowest BCUT2D eigenvalue weighted by Crippen LogP contribution is -2.47. The van der Waals surface area contributed by atoms with Gasteiger partial charge in [0.05, 0.1) is 18.3 Å². The van der Waals surface area contributed by atoms with Gasteiger partial charge in [-0.25, -0.2) is 0 Å². The van der Waals surface area contributed by atoms with Crippen molar-refractivity contribution in [3.05, 3.63) is 35.4 Å². The smallest absolute Gasteiger partial charge is 0.416 e. The molecular formula is C12H12F3NO3. The molecule has 19 heavy (non-hydrogen) atoms. The molecule has 1 aromatic carbocycles. The average molecular weight is 275 g/mol. The first kappa shape index (κ1) is 13.8. The fourth-order valence-corrected chi connectivity index (χ4v) is 1.87. The first-order chi connectivity index (χ1) is 8.88. The van der Waals surface area contributed by atoms with Gasteiger partial charge in [-0.2, -0.15) is 13.2 Å². The molecule has 2 N–H and O–H groups in total. The zero-order chi connectivity index (χ0) is 14.0. The number of carboxylic acid groups (broad SMARTS) is 1. The summed E-state index contributed by atoms with van der Waals surface area (Å²) >= 11 is 0. The van der Waals surface area contributed by atoms with E-state index in [0.717, 1.165) is 12.1 Å². The third kappa shape index (κ3) is 3.24. The second-order valence-corrected chi connectivity index (χ2v) is 4.24. The Morgan fingerprint density at radius 1 is 1.42 bits per heavy atom. The van der Waals surface area contributed by atoms with Crippen molar-refractivity contribution >= 4 is 5.97 Å². The number of carboxylic acids is 1. The van der Waals surface area contributed by atoms with E-state index in [-0.39, 0.29) is 13.2 Å². The van der Waals surface area contributed by atoms with Gasteiger partial charge in [-0.05, 0) is 17.7 Å². The van der Waals surface area contributed by atoms with Crippen molar-refractivity contribution in [3.63, 3.8) is 0 Å². The van der Waals surface area contributed by atoms with Crippen LogP contribution in [-0.4, -0.2) is 30.3 Å². The summed E-state index contributed by atoms with van der Waals surface area (Å²) in [6.07, 6.45) is -4.97. The lowest BCUT2D eigenvalue weighted by Gasteiger charge is -2.28. The number of aliphatic carboxylic acids is 1. The zero-order valence-corrected chi connectivity index (χ0v) is 9.78. The van der Waals surface area contributed by atoms with Crippen LogP contribution in [0.4, 0.5) is 13.2 Å². The predicted octanol–water partition coefficient (Wildman–Crippen LogP) is 1.82. The Labute approximate surface area is 107 Å². The standard InChI is InChI=1S/C12H12F3NO3/c13-12(14,15)8-3-1-2-7(4-8)10-5-16-9(6-19-10)11(17)18/h1-4,9-10,16H,5-6H2,(H,17,18). The minimum atomic E-state index is -4.40. The maximum atomic E-state index is 12.6. The van der Waals surface area contributed by atoms with Crippen LogP contribution < -0.4 is 5.32 Å². The van der Waals surface area contributed by atoms with Gasteiger partial charge in [0.2, 0.25) is 0 Å². The Morgan fingerprint density at radius 2 is 2.16 bits per heavy atom. The van der Waals surface area contributed by atoms with Crippen molar-refractivity contribution < 1.29 is 27.8 Å². The minimum absolute atomic E-state index is 0.0732. The molecule has 104 valence electrons. The number of hydrogen-bond donors (Lipinski definition) is 2. The van der Waals surface area contributed by atoms with Crippen LogP contribution in [0, 0.1) is 0 Å². The van der Waals surface area contributed by atoms with Crippen LogP contribution in [0.2, 0.25) is 0 Å². The number of alkyl halides is 3. The Hall–Kier alpha value is -1.60. The third-order valence-corrected chi connectivity index (χ3v) is 2.90. The van der Waals surface area contributed by atoms with Gasteiger partial charge in [-0.3, -0.25) is 10.1 Å². The number of benzene rings is 1. The molecule has 1 aromatic rings. The third-order valence-electron chi connectivity index (χ3n) is 2.90. The van der Waals surface area contributed by atoms with Gasteiger partial charge in [0.25, 0.3) is 0 Å². The van der Waals surface area contributed by atoms with Crippen molar-refractivity contribution in [2.24, 2.45) is 0 Å². The zero-order valence-electron chi connectivity index (χ0n) is 9.78. The highest BCUT2D eigenvalue weighted by molar-refractivity contribution is 5.73. The van der Waals surface area contributed by atoms with Gasteiger partial charge >= 0.3 is 12.1 Å². The molecule has 0 amide bonds. The molecule has 0 saturated carbocycles. The summed E-state index contributed by atoms with van der Waals surface area (Å²) in [6, 6.07) is 4.03. The quantitative estimate of drug-likeness (QED) is 0.864. The SMILES string of the molecule is O=C(O)C1COC(c2cccc(C(F)(F)F)c2)CN1. The van der Waals surface area contributed by atoms with E-state index in [4.69, 9.17) is 9.84 Å². The molecule has 1 heterocycles. The number of nitrogens with one attached hydrogen (secondary N) is 1. The van der Waals surface area contributed by atoms with Crippen LogP contribution in [0.1, 0.15) is 17.2 Å². The number of carbonyl (C=O) groups is 1. The van der Waals surface area contributed by atoms with Gasteiger partial charge in [-0.15, -0.1) is 0 Å². The lowest BCUT2D eigenvalue weighted by molar-refractivity contribution is -0.144. The van der Waals surface area contributed by atoms with E-state index in [9.17, 15) is 18.0 Å². The molecule has 2 atom stereocenters. The first-order valence-corrected chi connectivity index (χ1v) is 5.63. The molecule has 0 spiro atoms. The topological polar surface area (TPSA) is 58.6 Å². The van der Waals surface area contributed by atoms with E-state index in [1.807, 2.05) is 0 Å². The largest absolute Gasteiger partial charge is 0.480 e. The van der Waals surface area contributed by atoms with E-state index in [1.165, 1.54) is 12.1 Å². The van der Waals surface area contributed by atoms with E-state index in [0.29, 0.717) is 5.56 Å². The highest BCUT2D eigenvalue weighted by Crippen LogP contribution is 2.31. The van der Waals surface area contributed by atoms with E-state index < -0.39 is 29.9 Å². The lowest BCUT2D eigenvalue weighted by atomic mass is 10.0. The Bertz CT molecular complexity index is 468. The Morgan fingerprint density at radius 3 is 2.68 bits per heavy atom. The minimum Gasteiger partial charge on any atom is -0.480 e. The van der Waals surface area contributed by atoms with Crippen LogP contribution in [0.15, 0.2) is 24.3 Å². The van der Waals surface area contributed by atoms with Crippen molar-refractivity contribution in [3.8, 4) is 0 Å². The molecule has 2 unspecified atom stereocenters. The van der Waals surface area contributed by atoms with E-state index >= 15 is 0 Å². The summed E-state index contributed by atoms with van der Waals surface area (Å²) in [5, 5.41) is 11.5. The summed E-state index contributed by atoms with van der Waals surface area (Å²) in [5.74, 6) is -1.04. The summed E-state index contributed by atoms with van der Waals surface area (Å²) in [5.41, 5.74) is -0.361. The molecule has 0 radical (unpaired) electrons. The number of morpholine rings is 1. The molecule has 7 heteroatoms. The van der Waals surface area contributed by atoms with Gasteiger partial charge < -0.3 is 9.84 Å². The number of hydrogen-bond acceptors (Lipinski definition) is 3. The maximum absolute atomic E-state index is 12.6. The summed E-state index contributed by atoms with van der Waals surface area (Å²) in [6.45, 7) is 0.0918. The summed E-state index contributed by atoms with van der Waals surface area (Å²) in [7, 11) is 0. The van der Waals surface area contributed by atoms with Gasteiger partial charge in [-0.1, -0.05) is 12.1 Å². The van der Waals surface area contributed by atoms with Gasteiger partial charge in [0.1, 0.15) is 6.04 Å². The van der Waals surface area contributed by atoms with E-state index in [1.54, 1.807) is 0 Å². The summed E-state index contributed by atoms with van der Waals surface area (Å²) in [4.78, 5) is 10.7. The second-order valence-electron chi connectivity index (χ2n) is 4.24. The Kier molecular flexibility index (Phi) is 3.77. The molecule has 1 fully saturated rings. The summed E-state index contributed by atoms with van der Waals surface area (Å²) < 4.78 is 43.0. The molecule has 0 aliphatic carbocycles.